The monoisotopic (exact) mass is 344 g/mol. The minimum absolute atomic E-state index is 0.00176. The zero-order valence-corrected chi connectivity index (χ0v) is 9.39. The SMILES string of the molecule is O=C(O)c1ccc(I)c(F)c1Br. The summed E-state index contributed by atoms with van der Waals surface area (Å²) in [5.74, 6) is -1.67. The first kappa shape index (κ1) is 9.91. The highest BCUT2D eigenvalue weighted by Crippen LogP contribution is 2.24. The summed E-state index contributed by atoms with van der Waals surface area (Å²) in [6.07, 6.45) is 0. The summed E-state index contributed by atoms with van der Waals surface area (Å²) >= 11 is 4.66. The Bertz CT molecular complexity index is 340. The first-order valence-electron chi connectivity index (χ1n) is 2.91. The van der Waals surface area contributed by atoms with Crippen molar-refractivity contribution in [2.75, 3.05) is 0 Å². The number of hydrogen-bond acceptors (Lipinski definition) is 1. The van der Waals surface area contributed by atoms with E-state index in [1.54, 1.807) is 22.6 Å². The second kappa shape index (κ2) is 3.69. The van der Waals surface area contributed by atoms with Gasteiger partial charge in [-0.15, -0.1) is 0 Å². The minimum Gasteiger partial charge on any atom is -0.478 e. The molecule has 0 heterocycles. The highest BCUT2D eigenvalue weighted by atomic mass is 127. The topological polar surface area (TPSA) is 37.3 Å². The lowest BCUT2D eigenvalue weighted by Gasteiger charge is -2.01. The van der Waals surface area contributed by atoms with Gasteiger partial charge in [0.1, 0.15) is 0 Å². The van der Waals surface area contributed by atoms with Crippen molar-refractivity contribution in [2.45, 2.75) is 0 Å². The van der Waals surface area contributed by atoms with Crippen molar-refractivity contribution < 1.29 is 14.3 Å². The van der Waals surface area contributed by atoms with Crippen LogP contribution in [0.4, 0.5) is 4.39 Å². The van der Waals surface area contributed by atoms with Gasteiger partial charge in [-0.25, -0.2) is 9.18 Å². The van der Waals surface area contributed by atoms with E-state index in [1.807, 2.05) is 0 Å². The number of carbonyl (C=O) groups is 1. The highest BCUT2D eigenvalue weighted by Gasteiger charge is 2.13. The summed E-state index contributed by atoms with van der Waals surface area (Å²) in [6, 6.07) is 2.78. The Labute approximate surface area is 90.0 Å². The molecule has 0 aliphatic rings. The zero-order chi connectivity index (χ0) is 9.30. The lowest BCUT2D eigenvalue weighted by Crippen LogP contribution is -2.00. The van der Waals surface area contributed by atoms with Crippen LogP contribution >= 0.6 is 38.5 Å². The van der Waals surface area contributed by atoms with E-state index in [1.165, 1.54) is 12.1 Å². The van der Waals surface area contributed by atoms with Crippen molar-refractivity contribution in [3.05, 3.63) is 31.6 Å². The Morgan fingerprint density at radius 2 is 2.17 bits per heavy atom. The van der Waals surface area contributed by atoms with Crippen LogP contribution in [0.5, 0.6) is 0 Å². The van der Waals surface area contributed by atoms with Crippen LogP contribution in [0.25, 0.3) is 0 Å². The molecule has 5 heteroatoms. The van der Waals surface area contributed by atoms with E-state index in [4.69, 9.17) is 5.11 Å². The van der Waals surface area contributed by atoms with Crippen molar-refractivity contribution in [3.8, 4) is 0 Å². The fraction of sp³-hybridized carbons (Fsp3) is 0. The molecule has 64 valence electrons. The third kappa shape index (κ3) is 1.77. The lowest BCUT2D eigenvalue weighted by atomic mass is 10.2. The lowest BCUT2D eigenvalue weighted by molar-refractivity contribution is 0.0695. The van der Waals surface area contributed by atoms with Crippen LogP contribution < -0.4 is 0 Å². The number of carboxylic acid groups (broad SMARTS) is 1. The number of carboxylic acids is 1. The van der Waals surface area contributed by atoms with Gasteiger partial charge >= 0.3 is 5.97 Å². The van der Waals surface area contributed by atoms with Gasteiger partial charge in [0, 0.05) is 3.57 Å². The average molecular weight is 345 g/mol. The maximum absolute atomic E-state index is 13.0. The highest BCUT2D eigenvalue weighted by molar-refractivity contribution is 14.1. The summed E-state index contributed by atoms with van der Waals surface area (Å²) in [5.41, 5.74) is -0.0621. The predicted molar refractivity (Wildman–Crippen MR) is 53.8 cm³/mol. The summed E-state index contributed by atoms with van der Waals surface area (Å²) in [7, 11) is 0. The van der Waals surface area contributed by atoms with E-state index in [2.05, 4.69) is 15.9 Å². The fourth-order valence-corrected chi connectivity index (χ4v) is 2.03. The molecule has 0 radical (unpaired) electrons. The van der Waals surface area contributed by atoms with Crippen molar-refractivity contribution in [1.29, 1.82) is 0 Å². The van der Waals surface area contributed by atoms with Crippen LogP contribution in [0.1, 0.15) is 10.4 Å². The van der Waals surface area contributed by atoms with Crippen LogP contribution in [-0.4, -0.2) is 11.1 Å². The van der Waals surface area contributed by atoms with Crippen LogP contribution in [0, 0.1) is 9.39 Å². The molecule has 0 aliphatic heterocycles. The van der Waals surface area contributed by atoms with Crippen molar-refractivity contribution in [2.24, 2.45) is 0 Å². The summed E-state index contributed by atoms with van der Waals surface area (Å²) < 4.78 is 13.4. The quantitative estimate of drug-likeness (QED) is 0.628. The van der Waals surface area contributed by atoms with E-state index in [0.717, 1.165) is 0 Å². The first-order valence-corrected chi connectivity index (χ1v) is 4.78. The van der Waals surface area contributed by atoms with Gasteiger partial charge in [-0.2, -0.15) is 0 Å². The fourth-order valence-electron chi connectivity index (χ4n) is 0.691. The zero-order valence-electron chi connectivity index (χ0n) is 5.64. The molecule has 1 rings (SSSR count). The number of hydrogen-bond donors (Lipinski definition) is 1. The Hall–Kier alpha value is -0.170. The molecule has 0 bridgehead atoms. The molecule has 1 aromatic rings. The molecule has 0 unspecified atom stereocenters. The van der Waals surface area contributed by atoms with Gasteiger partial charge in [0.15, 0.2) is 5.82 Å². The molecule has 2 nitrogen and oxygen atoms in total. The minimum atomic E-state index is -1.14. The van der Waals surface area contributed by atoms with Gasteiger partial charge in [0.05, 0.1) is 10.0 Å². The molecular weight excluding hydrogens is 342 g/mol. The van der Waals surface area contributed by atoms with Crippen molar-refractivity contribution in [1.82, 2.24) is 0 Å². The molecule has 0 saturated heterocycles. The van der Waals surface area contributed by atoms with Gasteiger partial charge in [-0.05, 0) is 50.7 Å². The molecule has 0 spiro atoms. The molecule has 0 atom stereocenters. The van der Waals surface area contributed by atoms with Gasteiger partial charge < -0.3 is 5.11 Å². The molecule has 12 heavy (non-hydrogen) atoms. The first-order chi connectivity index (χ1) is 5.54. The number of rotatable bonds is 1. The predicted octanol–water partition coefficient (Wildman–Crippen LogP) is 2.89. The molecule has 1 aromatic carbocycles. The normalized spacial score (nSPS) is 9.92. The van der Waals surface area contributed by atoms with Crippen LogP contribution in [0.3, 0.4) is 0 Å². The van der Waals surface area contributed by atoms with Gasteiger partial charge in [0.25, 0.3) is 0 Å². The van der Waals surface area contributed by atoms with Gasteiger partial charge in [-0.3, -0.25) is 0 Å². The van der Waals surface area contributed by atoms with E-state index >= 15 is 0 Å². The summed E-state index contributed by atoms with van der Waals surface area (Å²) in [6.45, 7) is 0. The summed E-state index contributed by atoms with van der Waals surface area (Å²) in [5, 5.41) is 8.58. The van der Waals surface area contributed by atoms with Crippen molar-refractivity contribution >= 4 is 44.5 Å². The second-order valence-corrected chi connectivity index (χ2v) is 3.98. The van der Waals surface area contributed by atoms with E-state index in [0.29, 0.717) is 3.57 Å². The molecule has 1 N–H and O–H groups in total. The van der Waals surface area contributed by atoms with Gasteiger partial charge in [0.2, 0.25) is 0 Å². The van der Waals surface area contributed by atoms with Gasteiger partial charge in [-0.1, -0.05) is 0 Å². The third-order valence-electron chi connectivity index (χ3n) is 1.27. The van der Waals surface area contributed by atoms with E-state index in [9.17, 15) is 9.18 Å². The maximum atomic E-state index is 13.0. The Morgan fingerprint density at radius 3 is 2.67 bits per heavy atom. The number of aromatic carboxylic acids is 1. The average Bonchev–Trinajstić information content (AvgIpc) is 2.00. The van der Waals surface area contributed by atoms with Crippen LogP contribution in [0.15, 0.2) is 16.6 Å². The smallest absolute Gasteiger partial charge is 0.336 e. The molecule has 0 amide bonds. The van der Waals surface area contributed by atoms with E-state index in [-0.39, 0.29) is 10.0 Å². The third-order valence-corrected chi connectivity index (χ3v) is 2.87. The Balaban J connectivity index is 3.36. The summed E-state index contributed by atoms with van der Waals surface area (Å²) in [4.78, 5) is 10.5. The Morgan fingerprint density at radius 1 is 1.58 bits per heavy atom. The second-order valence-electron chi connectivity index (χ2n) is 2.03. The van der Waals surface area contributed by atoms with E-state index < -0.39 is 11.8 Å². The molecular formula is C7H3BrFIO2. The number of benzene rings is 1. The molecule has 0 aliphatic carbocycles. The maximum Gasteiger partial charge on any atom is 0.336 e. The van der Waals surface area contributed by atoms with Crippen molar-refractivity contribution in [3.63, 3.8) is 0 Å². The molecule has 0 fully saturated rings. The largest absolute Gasteiger partial charge is 0.478 e. The van der Waals surface area contributed by atoms with Crippen LogP contribution in [0.2, 0.25) is 0 Å². The molecule has 0 aromatic heterocycles. The standard InChI is InChI=1S/C7H3BrFIO2/c8-5-3(7(11)12)1-2-4(10)6(5)9/h1-2H,(H,11,12). The Kier molecular flexibility index (Phi) is 3.05. The van der Waals surface area contributed by atoms with Crippen LogP contribution in [-0.2, 0) is 0 Å². The number of halogens is 3. The molecule has 0 saturated carbocycles.